The van der Waals surface area contributed by atoms with Crippen LogP contribution in [0.5, 0.6) is 0 Å². The fourth-order valence-corrected chi connectivity index (χ4v) is 5.11. The van der Waals surface area contributed by atoms with E-state index in [1.807, 2.05) is 0 Å². The maximum absolute atomic E-state index is 12.3. The Hall–Kier alpha value is -0.430. The zero-order valence-electron chi connectivity index (χ0n) is 12.2. The van der Waals surface area contributed by atoms with E-state index in [-0.39, 0.29) is 6.04 Å². The third-order valence-electron chi connectivity index (χ3n) is 3.68. The number of hydrogen-bond acceptors (Lipinski definition) is 4. The van der Waals surface area contributed by atoms with Crippen molar-refractivity contribution in [1.29, 1.82) is 0 Å². The second kappa shape index (κ2) is 7.02. The van der Waals surface area contributed by atoms with Gasteiger partial charge in [-0.2, -0.15) is 0 Å². The summed E-state index contributed by atoms with van der Waals surface area (Å²) in [4.78, 5) is 1.48. The summed E-state index contributed by atoms with van der Waals surface area (Å²) in [6.45, 7) is 5.99. The van der Waals surface area contributed by atoms with Crippen LogP contribution in [0.3, 0.4) is 0 Å². The molecule has 1 aromatic rings. The van der Waals surface area contributed by atoms with Gasteiger partial charge in [0.25, 0.3) is 0 Å². The van der Waals surface area contributed by atoms with Gasteiger partial charge in [0, 0.05) is 22.8 Å². The van der Waals surface area contributed by atoms with Gasteiger partial charge in [0.2, 0.25) is 10.0 Å². The number of thiophene rings is 1. The maximum Gasteiger partial charge on any atom is 0.241 e. The van der Waals surface area contributed by atoms with Gasteiger partial charge >= 0.3 is 0 Å². The van der Waals surface area contributed by atoms with E-state index in [0.717, 1.165) is 43.6 Å². The van der Waals surface area contributed by atoms with Crippen molar-refractivity contribution in [2.45, 2.75) is 57.0 Å². The van der Waals surface area contributed by atoms with Crippen molar-refractivity contribution in [1.82, 2.24) is 10.0 Å². The zero-order chi connectivity index (χ0) is 14.6. The van der Waals surface area contributed by atoms with Crippen LogP contribution < -0.4 is 10.0 Å². The quantitative estimate of drug-likeness (QED) is 0.761. The summed E-state index contributed by atoms with van der Waals surface area (Å²) >= 11 is 1.50. The fraction of sp³-hybridized carbons (Fsp3) is 0.714. The molecule has 0 spiro atoms. The second-order valence-electron chi connectivity index (χ2n) is 5.66. The average molecular weight is 316 g/mol. The van der Waals surface area contributed by atoms with E-state index in [9.17, 15) is 8.42 Å². The average Bonchev–Trinajstić information content (AvgIpc) is 2.99. The minimum atomic E-state index is -3.34. The van der Waals surface area contributed by atoms with Crippen LogP contribution in [0.15, 0.2) is 16.3 Å². The molecule has 1 fully saturated rings. The molecule has 0 saturated heterocycles. The molecule has 0 bridgehead atoms. The molecule has 114 valence electrons. The minimum Gasteiger partial charge on any atom is -0.312 e. The van der Waals surface area contributed by atoms with E-state index in [1.165, 1.54) is 11.3 Å². The Morgan fingerprint density at radius 3 is 2.85 bits per heavy atom. The van der Waals surface area contributed by atoms with Crippen molar-refractivity contribution < 1.29 is 8.42 Å². The topological polar surface area (TPSA) is 58.2 Å². The van der Waals surface area contributed by atoms with Gasteiger partial charge < -0.3 is 5.32 Å². The van der Waals surface area contributed by atoms with Gasteiger partial charge in [0.1, 0.15) is 0 Å². The lowest BCUT2D eigenvalue weighted by molar-refractivity contribution is 0.538. The second-order valence-corrected chi connectivity index (χ2v) is 8.37. The maximum atomic E-state index is 12.3. The van der Waals surface area contributed by atoms with Crippen LogP contribution >= 0.6 is 11.3 Å². The van der Waals surface area contributed by atoms with E-state index in [1.54, 1.807) is 11.4 Å². The molecule has 6 heteroatoms. The monoisotopic (exact) mass is 316 g/mol. The SMILES string of the molecule is CCCNCc1cc(S(=O)(=O)NC2CCC(C)C2)cs1. The molecule has 0 aromatic carbocycles. The van der Waals surface area contributed by atoms with E-state index in [0.29, 0.717) is 10.8 Å². The van der Waals surface area contributed by atoms with Crippen molar-refractivity contribution in [2.75, 3.05) is 6.54 Å². The third kappa shape index (κ3) is 4.28. The van der Waals surface area contributed by atoms with Gasteiger partial charge in [-0.15, -0.1) is 11.3 Å². The predicted octanol–water partition coefficient (Wildman–Crippen LogP) is 2.71. The highest BCUT2D eigenvalue weighted by Crippen LogP contribution is 2.27. The molecule has 1 aromatic heterocycles. The highest BCUT2D eigenvalue weighted by Gasteiger charge is 2.26. The first kappa shape index (κ1) is 15.9. The highest BCUT2D eigenvalue weighted by molar-refractivity contribution is 7.89. The molecule has 2 unspecified atom stereocenters. The molecule has 20 heavy (non-hydrogen) atoms. The smallest absolute Gasteiger partial charge is 0.241 e. The van der Waals surface area contributed by atoms with Crippen molar-refractivity contribution in [3.05, 3.63) is 16.3 Å². The normalized spacial score (nSPS) is 23.3. The molecule has 0 radical (unpaired) electrons. The summed E-state index contributed by atoms with van der Waals surface area (Å²) in [5, 5.41) is 5.03. The van der Waals surface area contributed by atoms with E-state index in [2.05, 4.69) is 23.9 Å². The Kier molecular flexibility index (Phi) is 5.60. The van der Waals surface area contributed by atoms with Gasteiger partial charge in [0.05, 0.1) is 4.90 Å². The Morgan fingerprint density at radius 2 is 2.20 bits per heavy atom. The van der Waals surface area contributed by atoms with E-state index < -0.39 is 10.0 Å². The lowest BCUT2D eigenvalue weighted by atomic mass is 10.1. The van der Waals surface area contributed by atoms with Crippen LogP contribution in [0.1, 0.15) is 44.4 Å². The number of hydrogen-bond donors (Lipinski definition) is 2. The highest BCUT2D eigenvalue weighted by atomic mass is 32.2. The van der Waals surface area contributed by atoms with E-state index in [4.69, 9.17) is 0 Å². The van der Waals surface area contributed by atoms with Crippen LogP contribution in [-0.2, 0) is 16.6 Å². The van der Waals surface area contributed by atoms with Crippen molar-refractivity contribution in [2.24, 2.45) is 5.92 Å². The molecular weight excluding hydrogens is 292 g/mol. The molecule has 2 atom stereocenters. The Labute approximate surface area is 126 Å². The standard InChI is InChI=1S/C14H24N2O2S2/c1-3-6-15-9-13-8-14(10-19-13)20(17,18)16-12-5-4-11(2)7-12/h8,10-12,15-16H,3-7,9H2,1-2H3. The van der Waals surface area contributed by atoms with Crippen LogP contribution in [0, 0.1) is 5.92 Å². The summed E-state index contributed by atoms with van der Waals surface area (Å²) in [6, 6.07) is 1.89. The number of sulfonamides is 1. The third-order valence-corrected chi connectivity index (χ3v) is 6.27. The molecule has 0 amide bonds. The molecular formula is C14H24N2O2S2. The summed E-state index contributed by atoms with van der Waals surface area (Å²) < 4.78 is 27.5. The first-order valence-corrected chi connectivity index (χ1v) is 9.68. The van der Waals surface area contributed by atoms with Gasteiger partial charge in [-0.05, 0) is 44.2 Å². The largest absolute Gasteiger partial charge is 0.312 e. The molecule has 1 saturated carbocycles. The zero-order valence-corrected chi connectivity index (χ0v) is 13.8. The summed E-state index contributed by atoms with van der Waals surface area (Å²) in [6.07, 6.45) is 4.10. The number of rotatable bonds is 7. The van der Waals surface area contributed by atoms with Gasteiger partial charge in [-0.25, -0.2) is 13.1 Å². The van der Waals surface area contributed by atoms with Crippen molar-refractivity contribution in [3.63, 3.8) is 0 Å². The van der Waals surface area contributed by atoms with Crippen LogP contribution in [0.25, 0.3) is 0 Å². The lowest BCUT2D eigenvalue weighted by Gasteiger charge is -2.11. The Morgan fingerprint density at radius 1 is 1.40 bits per heavy atom. The number of nitrogens with one attached hydrogen (secondary N) is 2. The Balaban J connectivity index is 1.95. The molecule has 2 N–H and O–H groups in total. The van der Waals surface area contributed by atoms with Crippen LogP contribution in [-0.4, -0.2) is 21.0 Å². The summed E-state index contributed by atoms with van der Waals surface area (Å²) in [5.74, 6) is 0.624. The molecule has 2 rings (SSSR count). The first-order valence-electron chi connectivity index (χ1n) is 7.31. The molecule has 4 nitrogen and oxygen atoms in total. The summed E-state index contributed by atoms with van der Waals surface area (Å²) in [7, 11) is -3.34. The minimum absolute atomic E-state index is 0.108. The van der Waals surface area contributed by atoms with Crippen molar-refractivity contribution >= 4 is 21.4 Å². The van der Waals surface area contributed by atoms with Crippen LogP contribution in [0.2, 0.25) is 0 Å². The molecule has 1 aliphatic rings. The van der Waals surface area contributed by atoms with Gasteiger partial charge in [-0.3, -0.25) is 0 Å². The molecule has 0 aliphatic heterocycles. The molecule has 1 heterocycles. The van der Waals surface area contributed by atoms with Crippen molar-refractivity contribution in [3.8, 4) is 0 Å². The first-order chi connectivity index (χ1) is 9.51. The lowest BCUT2D eigenvalue weighted by Crippen LogP contribution is -2.32. The predicted molar refractivity (Wildman–Crippen MR) is 83.4 cm³/mol. The van der Waals surface area contributed by atoms with Gasteiger partial charge in [-0.1, -0.05) is 13.8 Å². The van der Waals surface area contributed by atoms with Gasteiger partial charge in [0.15, 0.2) is 0 Å². The Bertz CT molecular complexity index is 525. The van der Waals surface area contributed by atoms with E-state index >= 15 is 0 Å². The fourth-order valence-electron chi connectivity index (χ4n) is 2.58. The molecule has 1 aliphatic carbocycles. The summed E-state index contributed by atoms with van der Waals surface area (Å²) in [5.41, 5.74) is 0. The van der Waals surface area contributed by atoms with Crippen LogP contribution in [0.4, 0.5) is 0 Å².